The molecule has 1 amide bonds. The number of rotatable bonds is 29. The van der Waals surface area contributed by atoms with Gasteiger partial charge in [-0.3, -0.25) is 9.59 Å². The van der Waals surface area contributed by atoms with Crippen LogP contribution in [0.25, 0.3) is 0 Å². The lowest BCUT2D eigenvalue weighted by atomic mass is 10.0. The second-order valence-corrected chi connectivity index (χ2v) is 14.0. The molecule has 0 aliphatic rings. The van der Waals surface area contributed by atoms with Crippen LogP contribution in [0.4, 0.5) is 4.79 Å². The van der Waals surface area contributed by atoms with Crippen molar-refractivity contribution in [2.75, 3.05) is 13.1 Å². The largest absolute Gasteiger partial charge is 0.462 e. The normalized spacial score (nSPS) is 12.4. The first-order valence-corrected chi connectivity index (χ1v) is 19.6. The quantitative estimate of drug-likeness (QED) is 0.0462. The Morgan fingerprint density at radius 3 is 1.34 bits per heavy atom. The van der Waals surface area contributed by atoms with Crippen LogP contribution >= 0.6 is 0 Å². The van der Waals surface area contributed by atoms with Gasteiger partial charge in [0.05, 0.1) is 0 Å². The predicted molar refractivity (Wildman–Crippen MR) is 197 cm³/mol. The van der Waals surface area contributed by atoms with Gasteiger partial charge in [-0.1, -0.05) is 118 Å². The van der Waals surface area contributed by atoms with Crippen molar-refractivity contribution in [1.82, 2.24) is 5.32 Å². The molecule has 0 aromatic carbocycles. The zero-order chi connectivity index (χ0) is 35.6. The van der Waals surface area contributed by atoms with Crippen LogP contribution in [-0.2, 0) is 23.8 Å². The third-order valence-corrected chi connectivity index (χ3v) is 7.93. The SMILES string of the molecule is CCCCCCCCC(CCCC)OC(=O)CCCN.CCCCCCCCC(CCCC)OC(=O)CCCNC(=O)OC(C)(C)C. The lowest BCUT2D eigenvalue weighted by Crippen LogP contribution is -2.33. The number of carbonyl (C=O) groups excluding carboxylic acids is 3. The highest BCUT2D eigenvalue weighted by Gasteiger charge is 2.17. The monoisotopic (exact) mass is 671 g/mol. The average Bonchev–Trinajstić information content (AvgIpc) is 3.02. The second kappa shape index (κ2) is 34.0. The second-order valence-electron chi connectivity index (χ2n) is 14.0. The van der Waals surface area contributed by atoms with Crippen LogP contribution in [0.2, 0.25) is 0 Å². The van der Waals surface area contributed by atoms with E-state index in [-0.39, 0.29) is 24.1 Å². The van der Waals surface area contributed by atoms with Crippen molar-refractivity contribution in [2.24, 2.45) is 5.73 Å². The number of hydrogen-bond acceptors (Lipinski definition) is 7. The fraction of sp³-hybridized carbons (Fsp3) is 0.923. The third kappa shape index (κ3) is 36.8. The molecule has 0 aromatic heterocycles. The summed E-state index contributed by atoms with van der Waals surface area (Å²) in [5, 5.41) is 2.67. The van der Waals surface area contributed by atoms with E-state index in [9.17, 15) is 14.4 Å². The molecule has 0 aliphatic heterocycles. The summed E-state index contributed by atoms with van der Waals surface area (Å²) in [4.78, 5) is 35.3. The average molecular weight is 671 g/mol. The molecular weight excluding hydrogens is 592 g/mol. The minimum absolute atomic E-state index is 0.0439. The number of unbranched alkanes of at least 4 members (excludes halogenated alkanes) is 12. The van der Waals surface area contributed by atoms with E-state index >= 15 is 0 Å². The van der Waals surface area contributed by atoms with Crippen molar-refractivity contribution in [3.8, 4) is 0 Å². The van der Waals surface area contributed by atoms with Crippen LogP contribution in [0.5, 0.6) is 0 Å². The molecule has 0 radical (unpaired) electrons. The third-order valence-electron chi connectivity index (χ3n) is 7.93. The number of carbonyl (C=O) groups is 3. The van der Waals surface area contributed by atoms with Crippen LogP contribution in [0, 0.1) is 0 Å². The lowest BCUT2D eigenvalue weighted by molar-refractivity contribution is -0.151. The summed E-state index contributed by atoms with van der Waals surface area (Å²) in [6.45, 7) is 15.3. The van der Waals surface area contributed by atoms with E-state index in [1.165, 1.54) is 70.6 Å². The van der Waals surface area contributed by atoms with Gasteiger partial charge in [-0.25, -0.2) is 4.79 Å². The molecule has 8 heteroatoms. The maximum atomic E-state index is 12.1. The maximum absolute atomic E-state index is 12.1. The van der Waals surface area contributed by atoms with Crippen molar-refractivity contribution >= 4 is 18.0 Å². The molecule has 0 bridgehead atoms. The molecule has 2 atom stereocenters. The minimum Gasteiger partial charge on any atom is -0.462 e. The Morgan fingerprint density at radius 2 is 0.936 bits per heavy atom. The molecule has 0 aromatic rings. The molecule has 0 heterocycles. The highest BCUT2D eigenvalue weighted by Crippen LogP contribution is 2.17. The molecule has 280 valence electrons. The molecule has 0 rings (SSSR count). The van der Waals surface area contributed by atoms with Gasteiger partial charge in [0.1, 0.15) is 17.8 Å². The fourth-order valence-corrected chi connectivity index (χ4v) is 5.17. The van der Waals surface area contributed by atoms with Crippen molar-refractivity contribution in [1.29, 1.82) is 0 Å². The summed E-state index contributed by atoms with van der Waals surface area (Å²) in [7, 11) is 0. The first-order valence-electron chi connectivity index (χ1n) is 19.6. The van der Waals surface area contributed by atoms with E-state index in [4.69, 9.17) is 19.9 Å². The summed E-state index contributed by atoms with van der Waals surface area (Å²) < 4.78 is 16.4. The minimum atomic E-state index is -0.508. The number of esters is 2. The molecule has 0 spiro atoms. The lowest BCUT2D eigenvalue weighted by Gasteiger charge is -2.20. The summed E-state index contributed by atoms with van der Waals surface area (Å²) in [6, 6.07) is 0. The Labute approximate surface area is 290 Å². The summed E-state index contributed by atoms with van der Waals surface area (Å²) in [5.74, 6) is -0.226. The van der Waals surface area contributed by atoms with Crippen molar-refractivity contribution in [3.63, 3.8) is 0 Å². The summed E-state index contributed by atoms with van der Waals surface area (Å²) in [6.07, 6.45) is 25.5. The highest BCUT2D eigenvalue weighted by molar-refractivity contribution is 5.70. The Bertz CT molecular complexity index is 725. The highest BCUT2D eigenvalue weighted by atomic mass is 16.6. The van der Waals surface area contributed by atoms with Crippen LogP contribution in [0.1, 0.15) is 203 Å². The Balaban J connectivity index is 0. The van der Waals surface area contributed by atoms with Crippen molar-refractivity contribution in [2.45, 2.75) is 220 Å². The Hall–Kier alpha value is -1.83. The van der Waals surface area contributed by atoms with Gasteiger partial charge < -0.3 is 25.3 Å². The number of hydrogen-bond donors (Lipinski definition) is 2. The standard InChI is InChI=1S/C22H43NO4.C17H35NO2/c1-6-8-10-11-12-13-16-19(15-9-7-2)26-20(24)17-14-18-23-21(25)27-22(3,4)5;1-3-5-7-8-9-10-13-16(12-6-4-2)20-17(19)14-11-15-18/h19H,6-18H2,1-5H3,(H,23,25);16H,3-15,18H2,1-2H3. The van der Waals surface area contributed by atoms with E-state index in [0.29, 0.717) is 32.4 Å². The summed E-state index contributed by atoms with van der Waals surface area (Å²) >= 11 is 0. The predicted octanol–water partition coefficient (Wildman–Crippen LogP) is 10.7. The van der Waals surface area contributed by atoms with Crippen molar-refractivity contribution < 1.29 is 28.6 Å². The van der Waals surface area contributed by atoms with Gasteiger partial charge in [-0.05, 0) is 78.7 Å². The van der Waals surface area contributed by atoms with Crippen LogP contribution < -0.4 is 11.1 Å². The Kier molecular flexibility index (Phi) is 34.3. The van der Waals surface area contributed by atoms with E-state index in [2.05, 4.69) is 33.0 Å². The number of amides is 1. The molecule has 2 unspecified atom stereocenters. The van der Waals surface area contributed by atoms with Gasteiger partial charge in [0.2, 0.25) is 0 Å². The van der Waals surface area contributed by atoms with Crippen LogP contribution in [0.3, 0.4) is 0 Å². The first-order chi connectivity index (χ1) is 22.5. The smallest absolute Gasteiger partial charge is 0.407 e. The zero-order valence-corrected chi connectivity index (χ0v) is 32.1. The molecule has 47 heavy (non-hydrogen) atoms. The van der Waals surface area contributed by atoms with E-state index in [1.54, 1.807) is 0 Å². The van der Waals surface area contributed by atoms with Gasteiger partial charge in [-0.2, -0.15) is 0 Å². The molecule has 3 N–H and O–H groups in total. The zero-order valence-electron chi connectivity index (χ0n) is 32.1. The van der Waals surface area contributed by atoms with Gasteiger partial charge >= 0.3 is 18.0 Å². The fourth-order valence-electron chi connectivity index (χ4n) is 5.17. The molecule has 0 saturated heterocycles. The van der Waals surface area contributed by atoms with E-state index in [0.717, 1.165) is 64.2 Å². The van der Waals surface area contributed by atoms with Gasteiger partial charge in [0.25, 0.3) is 0 Å². The number of alkyl carbamates (subject to hydrolysis) is 1. The Morgan fingerprint density at radius 1 is 0.553 bits per heavy atom. The maximum Gasteiger partial charge on any atom is 0.407 e. The van der Waals surface area contributed by atoms with Gasteiger partial charge in [-0.15, -0.1) is 0 Å². The van der Waals surface area contributed by atoms with Gasteiger partial charge in [0.15, 0.2) is 0 Å². The van der Waals surface area contributed by atoms with E-state index < -0.39 is 11.7 Å². The molecule has 0 aliphatic carbocycles. The molecular formula is C39H78N2O6. The van der Waals surface area contributed by atoms with E-state index in [1.807, 2.05) is 20.8 Å². The first kappa shape index (κ1) is 47.3. The summed E-state index contributed by atoms with van der Waals surface area (Å²) in [5.41, 5.74) is 4.91. The topological polar surface area (TPSA) is 117 Å². The van der Waals surface area contributed by atoms with Crippen molar-refractivity contribution in [3.05, 3.63) is 0 Å². The molecule has 0 saturated carbocycles. The molecule has 0 fully saturated rings. The molecule has 8 nitrogen and oxygen atoms in total. The number of nitrogens with two attached hydrogens (primary N) is 1. The number of ether oxygens (including phenoxy) is 3. The van der Waals surface area contributed by atoms with Gasteiger partial charge in [0, 0.05) is 19.4 Å². The number of nitrogens with one attached hydrogen (secondary N) is 1. The van der Waals surface area contributed by atoms with Crippen LogP contribution in [0.15, 0.2) is 0 Å². The van der Waals surface area contributed by atoms with Crippen LogP contribution in [-0.4, -0.2) is 48.9 Å².